The number of hydrogen-bond acceptors (Lipinski definition) is 6. The number of aromatic nitrogens is 2. The monoisotopic (exact) mass is 413 g/mol. The van der Waals surface area contributed by atoms with Crippen LogP contribution >= 0.6 is 0 Å². The second kappa shape index (κ2) is 9.08. The summed E-state index contributed by atoms with van der Waals surface area (Å²) >= 11 is 0. The first-order valence-electron chi connectivity index (χ1n) is 10.00. The summed E-state index contributed by atoms with van der Waals surface area (Å²) in [7, 11) is 1.62. The minimum atomic E-state index is -0.704. The molecule has 0 spiro atoms. The van der Waals surface area contributed by atoms with E-state index in [-0.39, 0.29) is 49.5 Å². The van der Waals surface area contributed by atoms with Gasteiger partial charge in [0.25, 0.3) is 5.56 Å². The molecule has 30 heavy (non-hydrogen) atoms. The lowest BCUT2D eigenvalue weighted by molar-refractivity contribution is -0.121. The van der Waals surface area contributed by atoms with E-state index in [2.05, 4.69) is 5.32 Å². The highest BCUT2D eigenvalue weighted by molar-refractivity contribution is 6.01. The van der Waals surface area contributed by atoms with Crippen molar-refractivity contribution in [3.8, 4) is 0 Å². The fourth-order valence-electron chi connectivity index (χ4n) is 3.30. The third kappa shape index (κ3) is 4.85. The molecule has 2 aromatic rings. The SMILES string of the molecule is CCn1c(=O)c(C(=O)CN(C)CC(=O)NC2CC2)c(N)n(Cc2ccccc2)c1=O. The molecule has 1 saturated carbocycles. The fraction of sp³-hybridized carbons (Fsp3) is 0.429. The molecule has 1 fully saturated rings. The van der Waals surface area contributed by atoms with Gasteiger partial charge < -0.3 is 11.1 Å². The van der Waals surface area contributed by atoms with Crippen LogP contribution in [0.3, 0.4) is 0 Å². The Balaban J connectivity index is 1.87. The molecule has 1 amide bonds. The molecule has 1 heterocycles. The zero-order valence-corrected chi connectivity index (χ0v) is 17.3. The minimum absolute atomic E-state index is 0.0355. The van der Waals surface area contributed by atoms with Crippen molar-refractivity contribution in [2.24, 2.45) is 0 Å². The number of carbonyl (C=O) groups excluding carboxylic acids is 2. The van der Waals surface area contributed by atoms with Gasteiger partial charge in [0, 0.05) is 12.6 Å². The Kier molecular flexibility index (Phi) is 6.51. The number of nitrogens with two attached hydrogens (primary N) is 1. The summed E-state index contributed by atoms with van der Waals surface area (Å²) in [6.45, 7) is 1.80. The van der Waals surface area contributed by atoms with Crippen LogP contribution in [-0.2, 0) is 17.9 Å². The molecule has 0 radical (unpaired) electrons. The van der Waals surface area contributed by atoms with Gasteiger partial charge in [-0.05, 0) is 32.4 Å². The van der Waals surface area contributed by atoms with E-state index >= 15 is 0 Å². The number of benzene rings is 1. The summed E-state index contributed by atoms with van der Waals surface area (Å²) in [5.41, 5.74) is 5.48. The number of rotatable bonds is 9. The van der Waals surface area contributed by atoms with E-state index < -0.39 is 17.0 Å². The first-order chi connectivity index (χ1) is 14.3. The Bertz CT molecular complexity index is 1050. The largest absolute Gasteiger partial charge is 0.384 e. The summed E-state index contributed by atoms with van der Waals surface area (Å²) in [6.07, 6.45) is 1.95. The van der Waals surface area contributed by atoms with Gasteiger partial charge in [0.2, 0.25) is 5.91 Å². The number of anilines is 1. The Hall–Kier alpha value is -3.20. The number of amides is 1. The number of nitrogens with zero attached hydrogens (tertiary/aromatic N) is 3. The third-order valence-electron chi connectivity index (χ3n) is 5.02. The van der Waals surface area contributed by atoms with Crippen LogP contribution in [0.15, 0.2) is 39.9 Å². The lowest BCUT2D eigenvalue weighted by Gasteiger charge is -2.18. The van der Waals surface area contributed by atoms with Crippen LogP contribution in [0.2, 0.25) is 0 Å². The molecule has 0 atom stereocenters. The van der Waals surface area contributed by atoms with Crippen LogP contribution in [0.1, 0.15) is 35.7 Å². The third-order valence-corrected chi connectivity index (χ3v) is 5.02. The average Bonchev–Trinajstić information content (AvgIpc) is 3.50. The van der Waals surface area contributed by atoms with Crippen molar-refractivity contribution in [3.05, 3.63) is 62.3 Å². The van der Waals surface area contributed by atoms with E-state index in [4.69, 9.17) is 5.73 Å². The first kappa shape index (κ1) is 21.5. The Morgan fingerprint density at radius 1 is 1.13 bits per heavy atom. The first-order valence-corrected chi connectivity index (χ1v) is 10.00. The predicted octanol–water partition coefficient (Wildman–Crippen LogP) is 0.0535. The van der Waals surface area contributed by atoms with Crippen molar-refractivity contribution in [1.29, 1.82) is 0 Å². The Morgan fingerprint density at radius 3 is 2.40 bits per heavy atom. The molecule has 1 aromatic heterocycles. The standard InChI is InChI=1S/C21H27N5O4/c1-3-25-20(29)18(16(27)12-24(2)13-17(28)23-15-9-10-15)19(22)26(21(25)30)11-14-7-5-4-6-8-14/h4-8,15H,3,9-13,22H2,1-2H3,(H,23,28). The van der Waals surface area contributed by atoms with Crippen LogP contribution in [0.25, 0.3) is 0 Å². The number of ketones is 1. The molecule has 3 N–H and O–H groups in total. The number of likely N-dealkylation sites (N-methyl/N-ethyl adjacent to an activating group) is 1. The quantitative estimate of drug-likeness (QED) is 0.561. The minimum Gasteiger partial charge on any atom is -0.384 e. The molecule has 9 heteroatoms. The molecule has 160 valence electrons. The van der Waals surface area contributed by atoms with Crippen molar-refractivity contribution < 1.29 is 9.59 Å². The molecule has 0 saturated heterocycles. The van der Waals surface area contributed by atoms with Crippen molar-refractivity contribution in [2.45, 2.75) is 38.9 Å². The Morgan fingerprint density at radius 2 is 1.80 bits per heavy atom. The fourth-order valence-corrected chi connectivity index (χ4v) is 3.30. The van der Waals surface area contributed by atoms with Crippen molar-refractivity contribution in [1.82, 2.24) is 19.4 Å². The maximum atomic E-state index is 12.9. The van der Waals surface area contributed by atoms with Crippen LogP contribution < -0.4 is 22.3 Å². The van der Waals surface area contributed by atoms with Gasteiger partial charge >= 0.3 is 5.69 Å². The number of nitrogens with one attached hydrogen (secondary N) is 1. The highest BCUT2D eigenvalue weighted by Crippen LogP contribution is 2.18. The van der Waals surface area contributed by atoms with Crippen LogP contribution in [0.5, 0.6) is 0 Å². The zero-order chi connectivity index (χ0) is 21.8. The zero-order valence-electron chi connectivity index (χ0n) is 17.3. The maximum Gasteiger partial charge on any atom is 0.332 e. The molecular weight excluding hydrogens is 386 g/mol. The number of carbonyl (C=O) groups is 2. The second-order valence-corrected chi connectivity index (χ2v) is 7.60. The molecule has 1 aliphatic rings. The van der Waals surface area contributed by atoms with Crippen LogP contribution in [0.4, 0.5) is 5.82 Å². The molecule has 9 nitrogen and oxygen atoms in total. The molecule has 0 bridgehead atoms. The summed E-state index contributed by atoms with van der Waals surface area (Å²) in [6, 6.07) is 9.42. The van der Waals surface area contributed by atoms with E-state index in [9.17, 15) is 19.2 Å². The average molecular weight is 413 g/mol. The number of hydrogen-bond donors (Lipinski definition) is 2. The van der Waals surface area contributed by atoms with Gasteiger partial charge in [-0.15, -0.1) is 0 Å². The normalized spacial score (nSPS) is 13.4. The van der Waals surface area contributed by atoms with Gasteiger partial charge in [-0.3, -0.25) is 28.4 Å². The van der Waals surface area contributed by atoms with E-state index in [1.54, 1.807) is 14.0 Å². The van der Waals surface area contributed by atoms with Crippen molar-refractivity contribution >= 4 is 17.5 Å². The van der Waals surface area contributed by atoms with Crippen molar-refractivity contribution in [3.63, 3.8) is 0 Å². The van der Waals surface area contributed by atoms with Gasteiger partial charge in [0.1, 0.15) is 11.4 Å². The highest BCUT2D eigenvalue weighted by atomic mass is 16.2. The second-order valence-electron chi connectivity index (χ2n) is 7.60. The van der Waals surface area contributed by atoms with Gasteiger partial charge in [0.15, 0.2) is 5.78 Å². The maximum absolute atomic E-state index is 12.9. The molecule has 1 aromatic carbocycles. The smallest absolute Gasteiger partial charge is 0.332 e. The van der Waals surface area contributed by atoms with E-state index in [1.165, 1.54) is 9.47 Å². The molecular formula is C21H27N5O4. The van der Waals surface area contributed by atoms with E-state index in [0.29, 0.717) is 0 Å². The van der Waals surface area contributed by atoms with Gasteiger partial charge in [-0.2, -0.15) is 0 Å². The van der Waals surface area contributed by atoms with E-state index in [0.717, 1.165) is 23.0 Å². The lowest BCUT2D eigenvalue weighted by atomic mass is 10.1. The number of Topliss-reactive ketones (excluding diaryl/α,β-unsaturated/α-hetero) is 1. The molecule has 0 unspecified atom stereocenters. The van der Waals surface area contributed by atoms with Gasteiger partial charge in [-0.1, -0.05) is 30.3 Å². The summed E-state index contributed by atoms with van der Waals surface area (Å²) < 4.78 is 2.25. The highest BCUT2D eigenvalue weighted by Gasteiger charge is 2.26. The molecule has 1 aliphatic carbocycles. The van der Waals surface area contributed by atoms with Gasteiger partial charge in [0.05, 0.1) is 19.6 Å². The lowest BCUT2D eigenvalue weighted by Crippen LogP contribution is -2.45. The Labute approximate surface area is 174 Å². The van der Waals surface area contributed by atoms with Gasteiger partial charge in [-0.25, -0.2) is 4.79 Å². The van der Waals surface area contributed by atoms with Crippen molar-refractivity contribution in [2.75, 3.05) is 25.9 Å². The number of nitrogen functional groups attached to an aromatic ring is 1. The molecule has 0 aliphatic heterocycles. The predicted molar refractivity (Wildman–Crippen MR) is 114 cm³/mol. The van der Waals surface area contributed by atoms with Crippen LogP contribution in [-0.4, -0.2) is 51.9 Å². The summed E-state index contributed by atoms with van der Waals surface area (Å²) in [5.74, 6) is -0.844. The summed E-state index contributed by atoms with van der Waals surface area (Å²) in [5, 5.41) is 2.85. The summed E-state index contributed by atoms with van der Waals surface area (Å²) in [4.78, 5) is 52.0. The topological polar surface area (TPSA) is 119 Å². The van der Waals surface area contributed by atoms with E-state index in [1.807, 2.05) is 30.3 Å². The molecule has 3 rings (SSSR count). The van der Waals surface area contributed by atoms with Crippen LogP contribution in [0, 0.1) is 0 Å².